The van der Waals surface area contributed by atoms with Gasteiger partial charge in [0, 0.05) is 5.41 Å². The summed E-state index contributed by atoms with van der Waals surface area (Å²) in [6.07, 6.45) is 15.5. The highest BCUT2D eigenvalue weighted by atomic mass is 14.3. The molecule has 0 bridgehead atoms. The molecule has 0 spiro atoms. The summed E-state index contributed by atoms with van der Waals surface area (Å²) < 4.78 is 0. The van der Waals surface area contributed by atoms with E-state index < -0.39 is 0 Å². The Labute approximate surface area is 87.7 Å². The third kappa shape index (κ3) is 2.47. The topological polar surface area (TPSA) is 0 Å². The average molecular weight is 188 g/mol. The van der Waals surface area contributed by atoms with Gasteiger partial charge in [-0.1, -0.05) is 56.7 Å². The molecule has 1 rings (SSSR count). The van der Waals surface area contributed by atoms with Crippen molar-refractivity contribution < 1.29 is 0 Å². The molecule has 0 radical (unpaired) electrons. The molecule has 0 N–H and O–H groups in total. The van der Waals surface area contributed by atoms with E-state index >= 15 is 0 Å². The van der Waals surface area contributed by atoms with E-state index in [0.29, 0.717) is 0 Å². The first-order valence-corrected chi connectivity index (χ1v) is 5.42. The second-order valence-electron chi connectivity index (χ2n) is 3.99. The van der Waals surface area contributed by atoms with Crippen LogP contribution in [0.3, 0.4) is 0 Å². The number of hydrogen-bond donors (Lipinski definition) is 0. The molecular formula is C14H20. The van der Waals surface area contributed by atoms with Crippen LogP contribution in [-0.4, -0.2) is 0 Å². The zero-order valence-electron chi connectivity index (χ0n) is 9.13. The average Bonchev–Trinajstić information content (AvgIpc) is 2.27. The molecule has 0 nitrogen and oxygen atoms in total. The molecule has 1 aliphatic carbocycles. The summed E-state index contributed by atoms with van der Waals surface area (Å²) in [7, 11) is 0. The first-order valence-electron chi connectivity index (χ1n) is 5.42. The second kappa shape index (κ2) is 4.99. The molecule has 0 heterocycles. The Morgan fingerprint density at radius 3 is 2.71 bits per heavy atom. The Hall–Kier alpha value is -1.04. The Bertz CT molecular complexity index is 268. The standard InChI is InChI=1S/C14H20/c1-4-7-10-14(6-3)11-8-13(5-2)9-12-14/h5-6,8-9,11H,2-4,7,10,12H2,1H3. The lowest BCUT2D eigenvalue weighted by atomic mass is 9.76. The van der Waals surface area contributed by atoms with Crippen molar-refractivity contribution in [3.63, 3.8) is 0 Å². The molecule has 0 saturated heterocycles. The van der Waals surface area contributed by atoms with Crippen LogP contribution in [0.25, 0.3) is 0 Å². The van der Waals surface area contributed by atoms with Crippen molar-refractivity contribution in [2.45, 2.75) is 32.6 Å². The van der Waals surface area contributed by atoms with Crippen molar-refractivity contribution in [3.8, 4) is 0 Å². The van der Waals surface area contributed by atoms with Crippen LogP contribution in [-0.2, 0) is 0 Å². The van der Waals surface area contributed by atoms with Crippen LogP contribution in [0.1, 0.15) is 32.6 Å². The highest BCUT2D eigenvalue weighted by molar-refractivity contribution is 5.35. The molecule has 76 valence electrons. The van der Waals surface area contributed by atoms with Crippen LogP contribution in [0.15, 0.2) is 49.1 Å². The molecule has 0 aromatic rings. The van der Waals surface area contributed by atoms with E-state index in [1.54, 1.807) is 0 Å². The van der Waals surface area contributed by atoms with Crippen molar-refractivity contribution in [1.29, 1.82) is 0 Å². The molecule has 0 aromatic heterocycles. The SMILES string of the molecule is C=CC1=CCC(C=C)(CCCC)C=C1. The van der Waals surface area contributed by atoms with E-state index in [-0.39, 0.29) is 5.41 Å². The Kier molecular flexibility index (Phi) is 3.94. The predicted octanol–water partition coefficient (Wildman–Crippen LogP) is 4.42. The van der Waals surface area contributed by atoms with Gasteiger partial charge < -0.3 is 0 Å². The Morgan fingerprint density at radius 2 is 2.29 bits per heavy atom. The molecule has 1 unspecified atom stereocenters. The lowest BCUT2D eigenvalue weighted by Crippen LogP contribution is -2.15. The van der Waals surface area contributed by atoms with E-state index in [0.717, 1.165) is 6.42 Å². The zero-order chi connectivity index (χ0) is 10.4. The summed E-state index contributed by atoms with van der Waals surface area (Å²) in [5, 5.41) is 0. The van der Waals surface area contributed by atoms with Gasteiger partial charge in [-0.15, -0.1) is 6.58 Å². The van der Waals surface area contributed by atoms with Gasteiger partial charge in [0.15, 0.2) is 0 Å². The van der Waals surface area contributed by atoms with Crippen molar-refractivity contribution in [1.82, 2.24) is 0 Å². The van der Waals surface area contributed by atoms with Crippen molar-refractivity contribution >= 4 is 0 Å². The van der Waals surface area contributed by atoms with Gasteiger partial charge >= 0.3 is 0 Å². The van der Waals surface area contributed by atoms with Gasteiger partial charge in [0.25, 0.3) is 0 Å². The summed E-state index contributed by atoms with van der Waals surface area (Å²) in [5.41, 5.74) is 1.45. The quantitative estimate of drug-likeness (QED) is 0.560. The lowest BCUT2D eigenvalue weighted by molar-refractivity contribution is 0.432. The minimum atomic E-state index is 0.211. The Balaban J connectivity index is 2.67. The number of unbranched alkanes of at least 4 members (excludes halogenated alkanes) is 1. The van der Waals surface area contributed by atoms with Crippen molar-refractivity contribution in [3.05, 3.63) is 49.1 Å². The fourth-order valence-electron chi connectivity index (χ4n) is 1.80. The van der Waals surface area contributed by atoms with Gasteiger partial charge in [-0.2, -0.15) is 0 Å². The monoisotopic (exact) mass is 188 g/mol. The molecular weight excluding hydrogens is 168 g/mol. The van der Waals surface area contributed by atoms with Gasteiger partial charge in [0.2, 0.25) is 0 Å². The number of allylic oxidation sites excluding steroid dienone is 6. The van der Waals surface area contributed by atoms with Crippen LogP contribution in [0.5, 0.6) is 0 Å². The molecule has 0 saturated carbocycles. The smallest absolute Gasteiger partial charge is 0.00964 e. The maximum Gasteiger partial charge on any atom is 0.00964 e. The summed E-state index contributed by atoms with van der Waals surface area (Å²) >= 11 is 0. The van der Waals surface area contributed by atoms with Gasteiger partial charge in [0.1, 0.15) is 0 Å². The van der Waals surface area contributed by atoms with E-state index in [2.05, 4.69) is 44.4 Å². The molecule has 0 fully saturated rings. The molecule has 0 aliphatic heterocycles. The molecule has 0 amide bonds. The lowest BCUT2D eigenvalue weighted by Gasteiger charge is -2.28. The third-order valence-corrected chi connectivity index (χ3v) is 2.96. The van der Waals surface area contributed by atoms with Crippen molar-refractivity contribution in [2.75, 3.05) is 0 Å². The summed E-state index contributed by atoms with van der Waals surface area (Å²) in [4.78, 5) is 0. The molecule has 0 aromatic carbocycles. The first kappa shape index (κ1) is 11.0. The minimum Gasteiger partial charge on any atom is -0.102 e. The fraction of sp³-hybridized carbons (Fsp3) is 0.429. The van der Waals surface area contributed by atoms with Gasteiger partial charge in [-0.05, 0) is 18.4 Å². The molecule has 1 atom stereocenters. The van der Waals surface area contributed by atoms with Crippen LogP contribution in [0.4, 0.5) is 0 Å². The molecule has 14 heavy (non-hydrogen) atoms. The van der Waals surface area contributed by atoms with Crippen LogP contribution < -0.4 is 0 Å². The van der Waals surface area contributed by atoms with Crippen LogP contribution >= 0.6 is 0 Å². The van der Waals surface area contributed by atoms with Gasteiger partial charge in [-0.3, -0.25) is 0 Å². The van der Waals surface area contributed by atoms with E-state index in [1.165, 1.54) is 24.8 Å². The summed E-state index contributed by atoms with van der Waals surface area (Å²) in [6.45, 7) is 9.96. The van der Waals surface area contributed by atoms with Crippen LogP contribution in [0.2, 0.25) is 0 Å². The molecule has 0 heteroatoms. The highest BCUT2D eigenvalue weighted by Gasteiger charge is 2.23. The Morgan fingerprint density at radius 1 is 1.50 bits per heavy atom. The van der Waals surface area contributed by atoms with Gasteiger partial charge in [0.05, 0.1) is 0 Å². The predicted molar refractivity (Wildman–Crippen MR) is 64.2 cm³/mol. The maximum absolute atomic E-state index is 3.95. The third-order valence-electron chi connectivity index (χ3n) is 2.96. The fourth-order valence-corrected chi connectivity index (χ4v) is 1.80. The minimum absolute atomic E-state index is 0.211. The van der Waals surface area contributed by atoms with E-state index in [9.17, 15) is 0 Å². The summed E-state index contributed by atoms with van der Waals surface area (Å²) in [6, 6.07) is 0. The normalized spacial score (nSPS) is 25.6. The number of hydrogen-bond acceptors (Lipinski definition) is 0. The number of rotatable bonds is 5. The maximum atomic E-state index is 3.95. The highest BCUT2D eigenvalue weighted by Crippen LogP contribution is 2.36. The zero-order valence-corrected chi connectivity index (χ0v) is 9.13. The largest absolute Gasteiger partial charge is 0.102 e. The van der Waals surface area contributed by atoms with Crippen molar-refractivity contribution in [2.24, 2.45) is 5.41 Å². The van der Waals surface area contributed by atoms with E-state index in [1.807, 2.05) is 6.08 Å². The van der Waals surface area contributed by atoms with Gasteiger partial charge in [-0.25, -0.2) is 0 Å². The summed E-state index contributed by atoms with van der Waals surface area (Å²) in [5.74, 6) is 0. The molecule has 1 aliphatic rings. The van der Waals surface area contributed by atoms with E-state index in [4.69, 9.17) is 0 Å². The first-order chi connectivity index (χ1) is 6.76. The van der Waals surface area contributed by atoms with Crippen LogP contribution in [0, 0.1) is 5.41 Å². The second-order valence-corrected chi connectivity index (χ2v) is 3.99.